The first-order valence-corrected chi connectivity index (χ1v) is 10.4. The lowest BCUT2D eigenvalue weighted by Gasteiger charge is -2.26. The average Bonchev–Trinajstić information content (AvgIpc) is 3.27. The third-order valence-corrected chi connectivity index (χ3v) is 5.40. The van der Waals surface area contributed by atoms with Crippen LogP contribution in [-0.4, -0.2) is 40.8 Å². The number of nitrogens with zero attached hydrogens (tertiary/aromatic N) is 4. The van der Waals surface area contributed by atoms with Crippen molar-refractivity contribution in [3.63, 3.8) is 0 Å². The normalized spacial score (nSPS) is 14.2. The van der Waals surface area contributed by atoms with Gasteiger partial charge in [-0.3, -0.25) is 4.79 Å². The summed E-state index contributed by atoms with van der Waals surface area (Å²) in [6.07, 6.45) is 6.58. The summed E-state index contributed by atoms with van der Waals surface area (Å²) in [4.78, 5) is 14.7. The summed E-state index contributed by atoms with van der Waals surface area (Å²) >= 11 is 0. The number of rotatable bonds is 5. The van der Waals surface area contributed by atoms with Crippen LogP contribution >= 0.6 is 0 Å². The highest BCUT2D eigenvalue weighted by Crippen LogP contribution is 2.28. The number of para-hydroxylation sites is 1. The van der Waals surface area contributed by atoms with Crippen LogP contribution in [-0.2, 0) is 4.79 Å². The summed E-state index contributed by atoms with van der Waals surface area (Å²) in [6, 6.07) is 19.5. The molecule has 0 unspecified atom stereocenters. The molecule has 0 radical (unpaired) electrons. The molecule has 1 aromatic heterocycles. The highest BCUT2D eigenvalue weighted by Gasteiger charge is 2.21. The number of hydrogen-bond acceptors (Lipinski definition) is 4. The van der Waals surface area contributed by atoms with Gasteiger partial charge in [0.1, 0.15) is 23.1 Å². The second-order valence-corrected chi connectivity index (χ2v) is 7.47. The Labute approximate surface area is 182 Å². The predicted molar refractivity (Wildman–Crippen MR) is 120 cm³/mol. The molecule has 0 spiro atoms. The molecule has 0 N–H and O–H groups in total. The third-order valence-electron chi connectivity index (χ3n) is 5.40. The van der Waals surface area contributed by atoms with Gasteiger partial charge in [0.2, 0.25) is 0 Å². The fourth-order valence-corrected chi connectivity index (χ4v) is 3.77. The van der Waals surface area contributed by atoms with Crippen LogP contribution in [0, 0.1) is 11.3 Å². The number of aromatic nitrogens is 2. The zero-order valence-corrected chi connectivity index (χ0v) is 17.5. The zero-order chi connectivity index (χ0) is 21.6. The van der Waals surface area contributed by atoms with E-state index in [1.807, 2.05) is 60.8 Å². The van der Waals surface area contributed by atoms with Gasteiger partial charge in [0.15, 0.2) is 0 Å². The van der Waals surface area contributed by atoms with E-state index in [0.29, 0.717) is 30.1 Å². The zero-order valence-electron chi connectivity index (χ0n) is 17.5. The molecule has 1 amide bonds. The number of ether oxygens (including phenoxy) is 1. The van der Waals surface area contributed by atoms with Gasteiger partial charge in [-0.1, -0.05) is 30.3 Å². The van der Waals surface area contributed by atoms with Crippen LogP contribution in [0.25, 0.3) is 23.0 Å². The van der Waals surface area contributed by atoms with Crippen molar-refractivity contribution in [2.24, 2.45) is 0 Å². The number of nitriles is 1. The van der Waals surface area contributed by atoms with Crippen LogP contribution in [0.5, 0.6) is 5.75 Å². The van der Waals surface area contributed by atoms with Crippen LogP contribution in [0.4, 0.5) is 0 Å². The molecule has 31 heavy (non-hydrogen) atoms. The van der Waals surface area contributed by atoms with Gasteiger partial charge in [-0.2, -0.15) is 10.4 Å². The molecule has 6 nitrogen and oxygen atoms in total. The van der Waals surface area contributed by atoms with E-state index in [1.54, 1.807) is 22.8 Å². The molecule has 0 saturated carbocycles. The van der Waals surface area contributed by atoms with Crippen molar-refractivity contribution in [1.82, 2.24) is 14.7 Å². The molecule has 2 heterocycles. The maximum Gasteiger partial charge on any atom is 0.264 e. The van der Waals surface area contributed by atoms with Crippen molar-refractivity contribution in [3.05, 3.63) is 71.9 Å². The molecular formula is C25H24N4O2. The van der Waals surface area contributed by atoms with Crippen molar-refractivity contribution in [1.29, 1.82) is 5.26 Å². The van der Waals surface area contributed by atoms with Crippen molar-refractivity contribution < 1.29 is 9.53 Å². The summed E-state index contributed by atoms with van der Waals surface area (Å²) < 4.78 is 7.13. The number of likely N-dealkylation sites (tertiary alicyclic amines) is 1. The maximum absolute atomic E-state index is 12.9. The van der Waals surface area contributed by atoms with Crippen molar-refractivity contribution in [2.45, 2.75) is 19.3 Å². The van der Waals surface area contributed by atoms with Gasteiger partial charge in [-0.05, 0) is 49.6 Å². The summed E-state index contributed by atoms with van der Waals surface area (Å²) in [5.74, 6) is 0.498. The highest BCUT2D eigenvalue weighted by atomic mass is 16.5. The molecular weight excluding hydrogens is 388 g/mol. The number of methoxy groups -OCH3 is 1. The standard InChI is InChI=1S/C25H24N4O2/c1-31-23-12-8-9-19(16-23)24-21(18-29(27-24)22-10-4-2-5-11-22)15-20(17-26)25(30)28-13-6-3-7-14-28/h2,4-5,8-12,15-16,18H,3,6-7,13-14H2,1H3. The third kappa shape index (κ3) is 4.51. The van der Waals surface area contributed by atoms with Crippen LogP contribution in [0.1, 0.15) is 24.8 Å². The second-order valence-electron chi connectivity index (χ2n) is 7.47. The lowest BCUT2D eigenvalue weighted by atomic mass is 10.0. The molecule has 0 aliphatic carbocycles. The summed E-state index contributed by atoms with van der Waals surface area (Å²) in [5, 5.41) is 14.5. The monoisotopic (exact) mass is 412 g/mol. The first kappa shape index (κ1) is 20.4. The van der Waals surface area contributed by atoms with Gasteiger partial charge in [-0.15, -0.1) is 0 Å². The van der Waals surface area contributed by atoms with E-state index in [4.69, 9.17) is 9.84 Å². The van der Waals surface area contributed by atoms with Crippen LogP contribution in [0.15, 0.2) is 66.4 Å². The lowest BCUT2D eigenvalue weighted by molar-refractivity contribution is -0.127. The summed E-state index contributed by atoms with van der Waals surface area (Å²) in [7, 11) is 1.62. The Bertz CT molecular complexity index is 1140. The molecule has 1 fully saturated rings. The molecule has 1 aliphatic heterocycles. The minimum absolute atomic E-state index is 0.124. The lowest BCUT2D eigenvalue weighted by Crippen LogP contribution is -2.36. The smallest absolute Gasteiger partial charge is 0.264 e. The Morgan fingerprint density at radius 1 is 1.10 bits per heavy atom. The first-order valence-electron chi connectivity index (χ1n) is 10.4. The summed E-state index contributed by atoms with van der Waals surface area (Å²) in [5.41, 5.74) is 3.26. The van der Waals surface area contributed by atoms with Gasteiger partial charge < -0.3 is 9.64 Å². The Kier molecular flexibility index (Phi) is 6.13. The van der Waals surface area contributed by atoms with E-state index >= 15 is 0 Å². The van der Waals surface area contributed by atoms with Crippen molar-refractivity contribution in [3.8, 4) is 28.8 Å². The van der Waals surface area contributed by atoms with E-state index in [2.05, 4.69) is 6.07 Å². The molecule has 1 aliphatic rings. The molecule has 0 bridgehead atoms. The molecule has 4 rings (SSSR count). The van der Waals surface area contributed by atoms with Crippen LogP contribution < -0.4 is 4.74 Å². The molecule has 3 aromatic rings. The average molecular weight is 412 g/mol. The summed E-state index contributed by atoms with van der Waals surface area (Å²) in [6.45, 7) is 1.40. The molecule has 1 saturated heterocycles. The Balaban J connectivity index is 1.79. The van der Waals surface area contributed by atoms with Gasteiger partial charge >= 0.3 is 0 Å². The van der Waals surface area contributed by atoms with Gasteiger partial charge in [0.05, 0.1) is 12.8 Å². The van der Waals surface area contributed by atoms with Crippen LogP contribution in [0.2, 0.25) is 0 Å². The Morgan fingerprint density at radius 2 is 1.87 bits per heavy atom. The number of benzene rings is 2. The van der Waals surface area contributed by atoms with E-state index in [1.165, 1.54) is 0 Å². The maximum atomic E-state index is 12.9. The van der Waals surface area contributed by atoms with Gasteiger partial charge in [0.25, 0.3) is 5.91 Å². The SMILES string of the molecule is COc1cccc(-c2nn(-c3ccccc3)cc2C=C(C#N)C(=O)N2CCCCC2)c1. The quantitative estimate of drug-likeness (QED) is 0.458. The van der Waals surface area contributed by atoms with Crippen LogP contribution in [0.3, 0.4) is 0 Å². The minimum atomic E-state index is -0.216. The van der Waals surface area contributed by atoms with Gasteiger partial charge in [0, 0.05) is 30.4 Å². The van der Waals surface area contributed by atoms with E-state index < -0.39 is 0 Å². The number of carbonyl (C=O) groups excluding carboxylic acids is 1. The molecule has 156 valence electrons. The second kappa shape index (κ2) is 9.31. The van der Waals surface area contributed by atoms with E-state index in [-0.39, 0.29) is 11.5 Å². The highest BCUT2D eigenvalue weighted by molar-refractivity contribution is 6.02. The number of hydrogen-bond donors (Lipinski definition) is 0. The molecule has 0 atom stereocenters. The fraction of sp³-hybridized carbons (Fsp3) is 0.240. The minimum Gasteiger partial charge on any atom is -0.497 e. The first-order chi connectivity index (χ1) is 15.2. The van der Waals surface area contributed by atoms with E-state index in [0.717, 1.165) is 30.5 Å². The van der Waals surface area contributed by atoms with Crippen molar-refractivity contribution >= 4 is 12.0 Å². The molecule has 2 aromatic carbocycles. The van der Waals surface area contributed by atoms with Gasteiger partial charge in [-0.25, -0.2) is 4.68 Å². The molecule has 6 heteroatoms. The fourth-order valence-electron chi connectivity index (χ4n) is 3.77. The largest absolute Gasteiger partial charge is 0.497 e. The number of piperidine rings is 1. The Morgan fingerprint density at radius 3 is 2.58 bits per heavy atom. The van der Waals surface area contributed by atoms with E-state index in [9.17, 15) is 10.1 Å². The predicted octanol–water partition coefficient (Wildman–Crippen LogP) is 4.47. The topological polar surface area (TPSA) is 71.1 Å². The number of amides is 1. The van der Waals surface area contributed by atoms with Crippen molar-refractivity contribution in [2.75, 3.05) is 20.2 Å². The number of carbonyl (C=O) groups is 1. The Hall–Kier alpha value is -3.85.